The molecule has 1 heterocycles. The average molecular weight is 288 g/mol. The molecule has 8 nitrogen and oxygen atoms in total. The van der Waals surface area contributed by atoms with Crippen molar-refractivity contribution in [1.29, 1.82) is 0 Å². The van der Waals surface area contributed by atoms with Gasteiger partial charge in [-0.3, -0.25) is 14.4 Å². The molecule has 1 fully saturated rings. The Morgan fingerprint density at radius 2 is 2.15 bits per heavy atom. The summed E-state index contributed by atoms with van der Waals surface area (Å²) in [5.74, 6) is -1.56. The molecule has 20 heavy (non-hydrogen) atoms. The first kappa shape index (κ1) is 16.4. The molecule has 8 heteroatoms. The number of carbonyl (C=O) groups excluding carboxylic acids is 2. The van der Waals surface area contributed by atoms with E-state index in [4.69, 9.17) is 14.6 Å². The number of hydrogen-bond acceptors (Lipinski definition) is 5. The quantitative estimate of drug-likeness (QED) is 0.659. The van der Waals surface area contributed by atoms with Gasteiger partial charge in [-0.2, -0.15) is 0 Å². The van der Waals surface area contributed by atoms with Crippen LogP contribution in [-0.2, 0) is 23.9 Å². The van der Waals surface area contributed by atoms with E-state index in [1.54, 1.807) is 4.90 Å². The summed E-state index contributed by atoms with van der Waals surface area (Å²) in [6.45, 7) is 2.24. The number of nitrogens with zero attached hydrogens (tertiary/aromatic N) is 2. The van der Waals surface area contributed by atoms with Gasteiger partial charge in [0.15, 0.2) is 0 Å². The number of rotatable bonds is 6. The van der Waals surface area contributed by atoms with Gasteiger partial charge in [0.2, 0.25) is 11.8 Å². The Bertz CT molecular complexity index is 373. The van der Waals surface area contributed by atoms with Crippen molar-refractivity contribution in [1.82, 2.24) is 9.80 Å². The maximum atomic E-state index is 11.7. The summed E-state index contributed by atoms with van der Waals surface area (Å²) < 4.78 is 10.3. The molecule has 0 bridgehead atoms. The highest BCUT2D eigenvalue weighted by molar-refractivity contribution is 5.79. The third-order valence-corrected chi connectivity index (χ3v) is 2.95. The third kappa shape index (κ3) is 5.14. The predicted octanol–water partition coefficient (Wildman–Crippen LogP) is -1.21. The minimum Gasteiger partial charge on any atom is -0.480 e. The average Bonchev–Trinajstić information content (AvgIpc) is 2.38. The highest BCUT2D eigenvalue weighted by atomic mass is 16.5. The Kier molecular flexibility index (Phi) is 6.40. The molecule has 1 N–H and O–H groups in total. The summed E-state index contributed by atoms with van der Waals surface area (Å²) in [5.41, 5.74) is 0. The fraction of sp³-hybridized carbons (Fsp3) is 0.750. The maximum Gasteiger partial charge on any atom is 0.323 e. The Hall–Kier alpha value is -1.67. The van der Waals surface area contributed by atoms with Gasteiger partial charge in [0.25, 0.3) is 0 Å². The van der Waals surface area contributed by atoms with Gasteiger partial charge in [-0.25, -0.2) is 0 Å². The fourth-order valence-electron chi connectivity index (χ4n) is 1.98. The van der Waals surface area contributed by atoms with Crippen LogP contribution in [0.2, 0.25) is 0 Å². The van der Waals surface area contributed by atoms with Gasteiger partial charge in [-0.15, -0.1) is 0 Å². The smallest absolute Gasteiger partial charge is 0.323 e. The number of aliphatic carboxylic acids is 1. The molecule has 0 spiro atoms. The standard InChI is InChI=1S/C12H20N2O6/c1-9(15)14(7-12(17)18)6-10-5-13(3-4-20-10)11(16)8-19-2/h10H,3-8H2,1-2H3,(H,17,18). The molecule has 1 rings (SSSR count). The first-order valence-corrected chi connectivity index (χ1v) is 6.29. The van der Waals surface area contributed by atoms with E-state index in [0.29, 0.717) is 19.7 Å². The lowest BCUT2D eigenvalue weighted by atomic mass is 10.2. The minimum atomic E-state index is -1.08. The second-order valence-corrected chi connectivity index (χ2v) is 4.56. The molecule has 0 aromatic carbocycles. The highest BCUT2D eigenvalue weighted by Gasteiger charge is 2.27. The van der Waals surface area contributed by atoms with Crippen molar-refractivity contribution in [3.8, 4) is 0 Å². The van der Waals surface area contributed by atoms with Crippen LogP contribution in [-0.4, -0.2) is 85.3 Å². The molecule has 1 atom stereocenters. The minimum absolute atomic E-state index is 0.00172. The van der Waals surface area contributed by atoms with E-state index in [9.17, 15) is 14.4 Å². The van der Waals surface area contributed by atoms with E-state index in [0.717, 1.165) is 0 Å². The summed E-state index contributed by atoms with van der Waals surface area (Å²) in [5, 5.41) is 8.76. The number of hydrogen-bond donors (Lipinski definition) is 1. The van der Waals surface area contributed by atoms with Crippen LogP contribution in [0, 0.1) is 0 Å². The van der Waals surface area contributed by atoms with Crippen molar-refractivity contribution in [3.05, 3.63) is 0 Å². The molecule has 1 aliphatic heterocycles. The van der Waals surface area contributed by atoms with Crippen molar-refractivity contribution in [3.63, 3.8) is 0 Å². The fourth-order valence-corrected chi connectivity index (χ4v) is 1.98. The summed E-state index contributed by atoms with van der Waals surface area (Å²) in [6.07, 6.45) is -0.382. The lowest BCUT2D eigenvalue weighted by molar-refractivity contribution is -0.149. The zero-order valence-corrected chi connectivity index (χ0v) is 11.7. The molecule has 0 saturated carbocycles. The second-order valence-electron chi connectivity index (χ2n) is 4.56. The molecular formula is C12H20N2O6. The van der Waals surface area contributed by atoms with E-state index in [-0.39, 0.29) is 37.6 Å². The van der Waals surface area contributed by atoms with E-state index >= 15 is 0 Å². The van der Waals surface area contributed by atoms with E-state index in [1.807, 2.05) is 0 Å². The maximum absolute atomic E-state index is 11.7. The van der Waals surface area contributed by atoms with Gasteiger partial charge < -0.3 is 24.4 Å². The van der Waals surface area contributed by atoms with Crippen molar-refractivity contribution in [2.45, 2.75) is 13.0 Å². The first-order valence-electron chi connectivity index (χ1n) is 6.29. The van der Waals surface area contributed by atoms with Crippen molar-refractivity contribution >= 4 is 17.8 Å². The number of amides is 2. The SMILES string of the molecule is COCC(=O)N1CCOC(CN(CC(=O)O)C(C)=O)C1. The first-order chi connectivity index (χ1) is 9.43. The number of carboxylic acid groups (broad SMARTS) is 1. The zero-order chi connectivity index (χ0) is 15.1. The molecule has 0 aliphatic carbocycles. The molecule has 0 radical (unpaired) electrons. The van der Waals surface area contributed by atoms with Gasteiger partial charge in [0.05, 0.1) is 12.7 Å². The topological polar surface area (TPSA) is 96.4 Å². The number of morpholine rings is 1. The second kappa shape index (κ2) is 7.81. The monoisotopic (exact) mass is 288 g/mol. The summed E-state index contributed by atoms with van der Waals surface area (Å²) in [4.78, 5) is 36.6. The van der Waals surface area contributed by atoms with Crippen molar-refractivity contribution in [2.75, 3.05) is 46.5 Å². The van der Waals surface area contributed by atoms with Gasteiger partial charge >= 0.3 is 5.97 Å². The predicted molar refractivity (Wildman–Crippen MR) is 68.1 cm³/mol. The van der Waals surface area contributed by atoms with Crippen LogP contribution in [0.3, 0.4) is 0 Å². The van der Waals surface area contributed by atoms with Crippen LogP contribution >= 0.6 is 0 Å². The Morgan fingerprint density at radius 1 is 1.45 bits per heavy atom. The summed E-state index contributed by atoms with van der Waals surface area (Å²) >= 11 is 0. The molecule has 0 aromatic rings. The Balaban J connectivity index is 2.55. The zero-order valence-electron chi connectivity index (χ0n) is 11.7. The molecule has 0 aromatic heterocycles. The van der Waals surface area contributed by atoms with Crippen LogP contribution in [0.15, 0.2) is 0 Å². The summed E-state index contributed by atoms with van der Waals surface area (Å²) in [6, 6.07) is 0. The molecule has 1 saturated heterocycles. The Labute approximate surface area is 117 Å². The van der Waals surface area contributed by atoms with Gasteiger partial charge in [-0.05, 0) is 0 Å². The van der Waals surface area contributed by atoms with Crippen LogP contribution < -0.4 is 0 Å². The molecular weight excluding hydrogens is 268 g/mol. The largest absolute Gasteiger partial charge is 0.480 e. The van der Waals surface area contributed by atoms with Gasteiger partial charge in [0.1, 0.15) is 13.2 Å². The van der Waals surface area contributed by atoms with E-state index in [2.05, 4.69) is 0 Å². The number of methoxy groups -OCH3 is 1. The van der Waals surface area contributed by atoms with Crippen LogP contribution in [0.5, 0.6) is 0 Å². The third-order valence-electron chi connectivity index (χ3n) is 2.95. The van der Waals surface area contributed by atoms with E-state index < -0.39 is 5.97 Å². The lowest BCUT2D eigenvalue weighted by Crippen LogP contribution is -2.51. The molecule has 1 unspecified atom stereocenters. The van der Waals surface area contributed by atoms with E-state index in [1.165, 1.54) is 18.9 Å². The van der Waals surface area contributed by atoms with Crippen LogP contribution in [0.4, 0.5) is 0 Å². The number of carbonyl (C=O) groups is 3. The lowest BCUT2D eigenvalue weighted by Gasteiger charge is -2.35. The molecule has 1 aliphatic rings. The summed E-state index contributed by atoms with van der Waals surface area (Å²) in [7, 11) is 1.44. The van der Waals surface area contributed by atoms with Crippen molar-refractivity contribution in [2.24, 2.45) is 0 Å². The Morgan fingerprint density at radius 3 is 2.70 bits per heavy atom. The van der Waals surface area contributed by atoms with Crippen LogP contribution in [0.1, 0.15) is 6.92 Å². The number of carboxylic acids is 1. The molecule has 114 valence electrons. The highest BCUT2D eigenvalue weighted by Crippen LogP contribution is 2.08. The molecule has 2 amide bonds. The normalized spacial score (nSPS) is 18.7. The van der Waals surface area contributed by atoms with Crippen LogP contribution in [0.25, 0.3) is 0 Å². The number of ether oxygens (including phenoxy) is 2. The van der Waals surface area contributed by atoms with Gasteiger partial charge in [-0.1, -0.05) is 0 Å². The van der Waals surface area contributed by atoms with Crippen molar-refractivity contribution < 1.29 is 29.0 Å². The van der Waals surface area contributed by atoms with Gasteiger partial charge in [0, 0.05) is 33.7 Å².